The molecule has 1 aromatic carbocycles. The number of hydrogen-bond acceptors (Lipinski definition) is 2. The average Bonchev–Trinajstić information content (AvgIpc) is 2.43. The third-order valence-electron chi connectivity index (χ3n) is 4.28. The molecule has 0 unspecified atom stereocenters. The van der Waals surface area contributed by atoms with Crippen LogP contribution in [0.4, 0.5) is 0 Å². The maximum atomic E-state index is 10.6. The summed E-state index contributed by atoms with van der Waals surface area (Å²) in [6, 6.07) is 10.6. The molecule has 0 aromatic heterocycles. The molecule has 1 heterocycles. The lowest BCUT2D eigenvalue weighted by atomic mass is 9.86. The Labute approximate surface area is 117 Å². The van der Waals surface area contributed by atoms with Gasteiger partial charge in [0.25, 0.3) is 0 Å². The van der Waals surface area contributed by atoms with Crippen LogP contribution in [0.1, 0.15) is 44.6 Å². The summed E-state index contributed by atoms with van der Waals surface area (Å²) < 4.78 is 0. The largest absolute Gasteiger partial charge is 0.390 e. The first-order valence-corrected chi connectivity index (χ1v) is 7.70. The minimum Gasteiger partial charge on any atom is -0.390 e. The molecule has 2 rings (SSSR count). The molecule has 1 aromatic rings. The SMILES string of the molecule is CCCN1CCC(O)(CCCc2ccccc2)CC1. The van der Waals surface area contributed by atoms with Crippen LogP contribution in [-0.2, 0) is 6.42 Å². The Morgan fingerprint density at radius 3 is 2.47 bits per heavy atom. The van der Waals surface area contributed by atoms with Crippen LogP contribution >= 0.6 is 0 Å². The molecule has 0 radical (unpaired) electrons. The van der Waals surface area contributed by atoms with E-state index in [2.05, 4.69) is 42.2 Å². The van der Waals surface area contributed by atoms with Gasteiger partial charge < -0.3 is 10.0 Å². The molecule has 1 N–H and O–H groups in total. The van der Waals surface area contributed by atoms with E-state index in [9.17, 15) is 5.11 Å². The average molecular weight is 261 g/mol. The molecule has 0 saturated carbocycles. The molecule has 1 saturated heterocycles. The molecule has 1 fully saturated rings. The van der Waals surface area contributed by atoms with Gasteiger partial charge in [-0.2, -0.15) is 0 Å². The van der Waals surface area contributed by atoms with Crippen LogP contribution in [0, 0.1) is 0 Å². The molecule has 2 nitrogen and oxygen atoms in total. The first kappa shape index (κ1) is 14.5. The molecule has 1 aliphatic heterocycles. The number of hydrogen-bond donors (Lipinski definition) is 1. The zero-order chi connectivity index (χ0) is 13.6. The van der Waals surface area contributed by atoms with E-state index in [0.717, 1.165) is 45.2 Å². The highest BCUT2D eigenvalue weighted by atomic mass is 16.3. The molecule has 0 amide bonds. The van der Waals surface area contributed by atoms with Gasteiger partial charge in [0.15, 0.2) is 0 Å². The zero-order valence-corrected chi connectivity index (χ0v) is 12.1. The van der Waals surface area contributed by atoms with Crippen molar-refractivity contribution < 1.29 is 5.11 Å². The summed E-state index contributed by atoms with van der Waals surface area (Å²) in [4.78, 5) is 2.48. The molecular weight excluding hydrogens is 234 g/mol. The molecular formula is C17H27NO. The van der Waals surface area contributed by atoms with Crippen molar-refractivity contribution in [2.75, 3.05) is 19.6 Å². The fraction of sp³-hybridized carbons (Fsp3) is 0.647. The van der Waals surface area contributed by atoms with Gasteiger partial charge in [-0.25, -0.2) is 0 Å². The predicted octanol–water partition coefficient (Wildman–Crippen LogP) is 3.25. The lowest BCUT2D eigenvalue weighted by Gasteiger charge is -2.38. The van der Waals surface area contributed by atoms with E-state index in [1.54, 1.807) is 0 Å². The molecule has 1 aliphatic rings. The third kappa shape index (κ3) is 4.63. The van der Waals surface area contributed by atoms with E-state index in [4.69, 9.17) is 0 Å². The van der Waals surface area contributed by atoms with Gasteiger partial charge in [0.05, 0.1) is 5.60 Å². The molecule has 19 heavy (non-hydrogen) atoms. The van der Waals surface area contributed by atoms with Gasteiger partial charge in [-0.05, 0) is 50.6 Å². The van der Waals surface area contributed by atoms with Crippen LogP contribution in [0.15, 0.2) is 30.3 Å². The number of aryl methyl sites for hydroxylation is 1. The Morgan fingerprint density at radius 2 is 1.84 bits per heavy atom. The summed E-state index contributed by atoms with van der Waals surface area (Å²) >= 11 is 0. The molecule has 106 valence electrons. The fourth-order valence-corrected chi connectivity index (χ4v) is 3.03. The van der Waals surface area contributed by atoms with Crippen molar-refractivity contribution in [1.29, 1.82) is 0 Å². The Hall–Kier alpha value is -0.860. The van der Waals surface area contributed by atoms with Crippen molar-refractivity contribution in [3.63, 3.8) is 0 Å². The van der Waals surface area contributed by atoms with Crippen LogP contribution in [0.2, 0.25) is 0 Å². The number of piperidine rings is 1. The maximum absolute atomic E-state index is 10.6. The van der Waals surface area contributed by atoms with Crippen molar-refractivity contribution in [1.82, 2.24) is 4.90 Å². The summed E-state index contributed by atoms with van der Waals surface area (Å²) in [7, 11) is 0. The first-order chi connectivity index (χ1) is 9.22. The number of nitrogens with zero attached hydrogens (tertiary/aromatic N) is 1. The van der Waals surface area contributed by atoms with Gasteiger partial charge in [0, 0.05) is 13.1 Å². The Morgan fingerprint density at radius 1 is 1.16 bits per heavy atom. The number of rotatable bonds is 6. The molecule has 0 aliphatic carbocycles. The van der Waals surface area contributed by atoms with E-state index in [-0.39, 0.29) is 0 Å². The third-order valence-corrected chi connectivity index (χ3v) is 4.28. The standard InChI is InChI=1S/C17H27NO/c1-2-13-18-14-11-17(19,12-15-18)10-6-9-16-7-4-3-5-8-16/h3-5,7-8,19H,2,6,9-15H2,1H3. The second-order valence-corrected chi connectivity index (χ2v) is 5.91. The van der Waals surface area contributed by atoms with Crippen molar-refractivity contribution in [2.45, 2.75) is 51.0 Å². The van der Waals surface area contributed by atoms with Crippen LogP contribution in [0.25, 0.3) is 0 Å². The van der Waals surface area contributed by atoms with Crippen molar-refractivity contribution in [3.05, 3.63) is 35.9 Å². The first-order valence-electron chi connectivity index (χ1n) is 7.70. The predicted molar refractivity (Wildman–Crippen MR) is 80.3 cm³/mol. The lowest BCUT2D eigenvalue weighted by molar-refractivity contribution is -0.0287. The number of likely N-dealkylation sites (tertiary alicyclic amines) is 1. The van der Waals surface area contributed by atoms with E-state index in [0.29, 0.717) is 0 Å². The smallest absolute Gasteiger partial charge is 0.0672 e. The van der Waals surface area contributed by atoms with Crippen LogP contribution in [-0.4, -0.2) is 35.2 Å². The number of benzene rings is 1. The summed E-state index contributed by atoms with van der Waals surface area (Å²) in [5.41, 5.74) is 0.980. The van der Waals surface area contributed by atoms with Gasteiger partial charge in [-0.1, -0.05) is 37.3 Å². The summed E-state index contributed by atoms with van der Waals surface area (Å²) in [5, 5.41) is 10.6. The summed E-state index contributed by atoms with van der Waals surface area (Å²) in [6.45, 7) is 5.53. The molecule has 0 bridgehead atoms. The van der Waals surface area contributed by atoms with Crippen molar-refractivity contribution >= 4 is 0 Å². The maximum Gasteiger partial charge on any atom is 0.0672 e. The van der Waals surface area contributed by atoms with Crippen LogP contribution in [0.3, 0.4) is 0 Å². The van der Waals surface area contributed by atoms with E-state index in [1.165, 1.54) is 18.5 Å². The highest BCUT2D eigenvalue weighted by molar-refractivity contribution is 5.14. The highest BCUT2D eigenvalue weighted by Crippen LogP contribution is 2.27. The van der Waals surface area contributed by atoms with Crippen molar-refractivity contribution in [2.24, 2.45) is 0 Å². The topological polar surface area (TPSA) is 23.5 Å². The monoisotopic (exact) mass is 261 g/mol. The van der Waals surface area contributed by atoms with Gasteiger partial charge >= 0.3 is 0 Å². The molecule has 0 spiro atoms. The minimum absolute atomic E-state index is 0.404. The van der Waals surface area contributed by atoms with Crippen molar-refractivity contribution in [3.8, 4) is 0 Å². The van der Waals surface area contributed by atoms with E-state index >= 15 is 0 Å². The summed E-state index contributed by atoms with van der Waals surface area (Å²) in [6.07, 6.45) is 6.23. The Balaban J connectivity index is 1.71. The Bertz CT molecular complexity index is 355. The minimum atomic E-state index is -0.404. The molecule has 2 heteroatoms. The normalized spacial score (nSPS) is 19.5. The second kappa shape index (κ2) is 7.06. The van der Waals surface area contributed by atoms with Gasteiger partial charge in [0.2, 0.25) is 0 Å². The number of aliphatic hydroxyl groups is 1. The van der Waals surface area contributed by atoms with Gasteiger partial charge in [-0.3, -0.25) is 0 Å². The second-order valence-electron chi connectivity index (χ2n) is 5.91. The summed E-state index contributed by atoms with van der Waals surface area (Å²) in [5.74, 6) is 0. The quantitative estimate of drug-likeness (QED) is 0.849. The lowest BCUT2D eigenvalue weighted by Crippen LogP contribution is -2.44. The molecule has 0 atom stereocenters. The van der Waals surface area contributed by atoms with Gasteiger partial charge in [-0.15, -0.1) is 0 Å². The van der Waals surface area contributed by atoms with Gasteiger partial charge in [0.1, 0.15) is 0 Å². The zero-order valence-electron chi connectivity index (χ0n) is 12.1. The van der Waals surface area contributed by atoms with Crippen LogP contribution in [0.5, 0.6) is 0 Å². The highest BCUT2D eigenvalue weighted by Gasteiger charge is 2.31. The fourth-order valence-electron chi connectivity index (χ4n) is 3.03. The van der Waals surface area contributed by atoms with Crippen LogP contribution < -0.4 is 0 Å². The van der Waals surface area contributed by atoms with E-state index in [1.807, 2.05) is 0 Å². The van der Waals surface area contributed by atoms with E-state index < -0.39 is 5.60 Å². The Kier molecular flexibility index (Phi) is 5.41.